The molecule has 5 rings (SSSR count). The highest BCUT2D eigenvalue weighted by Gasteiger charge is 2.23. The fourth-order valence-electron chi connectivity index (χ4n) is 4.37. The van der Waals surface area contributed by atoms with E-state index in [1.165, 1.54) is 37.5 Å². The van der Waals surface area contributed by atoms with Crippen LogP contribution in [-0.2, 0) is 13.6 Å². The lowest BCUT2D eigenvalue weighted by molar-refractivity contribution is 0.102. The van der Waals surface area contributed by atoms with Gasteiger partial charge in [0.2, 0.25) is 11.9 Å². The number of pyridine rings is 1. The molecule has 3 aromatic heterocycles. The number of hydrogen-bond acceptors (Lipinski definition) is 7. The molecule has 1 aromatic carbocycles. The highest BCUT2D eigenvalue weighted by molar-refractivity contribution is 6.03. The third-order valence-corrected chi connectivity index (χ3v) is 6.32. The molecule has 0 atom stereocenters. The molecule has 39 heavy (non-hydrogen) atoms. The zero-order valence-corrected chi connectivity index (χ0v) is 20.4. The number of amides is 1. The first-order valence-electron chi connectivity index (χ1n) is 11.7. The van der Waals surface area contributed by atoms with Crippen molar-refractivity contribution in [2.45, 2.75) is 13.0 Å². The molecule has 204 valence electrons. The van der Waals surface area contributed by atoms with E-state index >= 15 is 4.39 Å². The van der Waals surface area contributed by atoms with Gasteiger partial charge in [0, 0.05) is 51.5 Å². The SMILES string of the molecule is Cn1cc(C(=O)Nc2ccc(N3CCN(Cc4ccc5nc(C(F)F)c(=O)[nH]c5c4F)CC3)c(F)n2)c(F)n1. The Morgan fingerprint density at radius 2 is 1.79 bits per heavy atom. The molecular formula is C24H21F5N8O2. The molecule has 15 heteroatoms. The van der Waals surface area contributed by atoms with Gasteiger partial charge in [-0.05, 0) is 18.2 Å². The number of H-pyrrole nitrogens is 1. The number of aromatic amines is 1. The number of aryl methyl sites for hydroxylation is 1. The van der Waals surface area contributed by atoms with E-state index in [0.717, 1.165) is 4.68 Å². The number of benzene rings is 1. The zero-order chi connectivity index (χ0) is 27.8. The van der Waals surface area contributed by atoms with Crippen molar-refractivity contribution >= 4 is 28.4 Å². The molecule has 0 bridgehead atoms. The minimum absolute atomic E-state index is 0.0795. The monoisotopic (exact) mass is 548 g/mol. The van der Waals surface area contributed by atoms with Crippen LogP contribution in [0.15, 0.2) is 35.3 Å². The zero-order valence-electron chi connectivity index (χ0n) is 20.4. The highest BCUT2D eigenvalue weighted by atomic mass is 19.3. The molecule has 1 amide bonds. The average Bonchev–Trinajstić information content (AvgIpc) is 3.24. The molecule has 2 N–H and O–H groups in total. The van der Waals surface area contributed by atoms with Crippen LogP contribution < -0.4 is 15.8 Å². The molecule has 1 aliphatic heterocycles. The van der Waals surface area contributed by atoms with Gasteiger partial charge in [0.15, 0.2) is 11.5 Å². The lowest BCUT2D eigenvalue weighted by atomic mass is 10.1. The quantitative estimate of drug-likeness (QED) is 0.282. The predicted octanol–water partition coefficient (Wildman–Crippen LogP) is 2.98. The van der Waals surface area contributed by atoms with Gasteiger partial charge in [0.1, 0.15) is 16.9 Å². The van der Waals surface area contributed by atoms with Crippen LogP contribution in [-0.4, -0.2) is 61.7 Å². The highest BCUT2D eigenvalue weighted by Crippen LogP contribution is 2.24. The summed E-state index contributed by atoms with van der Waals surface area (Å²) in [6.45, 7) is 1.82. The summed E-state index contributed by atoms with van der Waals surface area (Å²) in [5, 5.41) is 5.79. The van der Waals surface area contributed by atoms with E-state index in [4.69, 9.17) is 0 Å². The van der Waals surface area contributed by atoms with Crippen molar-refractivity contribution in [1.82, 2.24) is 29.6 Å². The van der Waals surface area contributed by atoms with Crippen LogP contribution in [0.3, 0.4) is 0 Å². The minimum atomic E-state index is -3.08. The first kappa shape index (κ1) is 26.2. The summed E-state index contributed by atoms with van der Waals surface area (Å²) >= 11 is 0. The maximum atomic E-state index is 15.0. The maximum Gasteiger partial charge on any atom is 0.285 e. The van der Waals surface area contributed by atoms with Crippen molar-refractivity contribution in [1.29, 1.82) is 0 Å². The van der Waals surface area contributed by atoms with Gasteiger partial charge < -0.3 is 15.2 Å². The summed E-state index contributed by atoms with van der Waals surface area (Å²) in [5.74, 6) is -3.45. The first-order valence-corrected chi connectivity index (χ1v) is 11.7. The van der Waals surface area contributed by atoms with E-state index < -0.39 is 41.3 Å². The fraction of sp³-hybridized carbons (Fsp3) is 0.292. The molecule has 1 fully saturated rings. The summed E-state index contributed by atoms with van der Waals surface area (Å²) in [6, 6.07) is 5.65. The van der Waals surface area contributed by atoms with Crippen LogP contribution in [0.5, 0.6) is 0 Å². The summed E-state index contributed by atoms with van der Waals surface area (Å²) in [6.07, 6.45) is -1.89. The molecule has 1 aliphatic rings. The molecule has 0 saturated carbocycles. The molecule has 10 nitrogen and oxygen atoms in total. The van der Waals surface area contributed by atoms with Crippen molar-refractivity contribution in [2.75, 3.05) is 36.4 Å². The lowest BCUT2D eigenvalue weighted by Crippen LogP contribution is -2.46. The number of fused-ring (bicyclic) bond motifs is 1. The number of anilines is 2. The first-order chi connectivity index (χ1) is 18.6. The Balaban J connectivity index is 1.23. The van der Waals surface area contributed by atoms with E-state index in [-0.39, 0.29) is 40.2 Å². The standard InChI is InChI=1S/C24H21F5N8O2/c1-35-11-13(21(28)34-35)23(38)32-16-5-4-15(22(29)31-16)37-8-6-36(7-9-37)10-12-2-3-14-18(17(12)25)33-24(39)19(30-14)20(26)27/h2-5,11,20H,6-10H2,1H3,(H,33,39)(H,31,32,38). The van der Waals surface area contributed by atoms with Gasteiger partial charge >= 0.3 is 0 Å². The summed E-state index contributed by atoms with van der Waals surface area (Å²) in [7, 11) is 1.46. The number of hydrogen-bond donors (Lipinski definition) is 2. The second kappa shape index (κ2) is 10.4. The molecule has 0 radical (unpaired) electrons. The second-order valence-corrected chi connectivity index (χ2v) is 8.92. The van der Waals surface area contributed by atoms with Gasteiger partial charge in [0.05, 0.1) is 11.2 Å². The summed E-state index contributed by atoms with van der Waals surface area (Å²) < 4.78 is 70.5. The van der Waals surface area contributed by atoms with E-state index in [2.05, 4.69) is 25.4 Å². The Morgan fingerprint density at radius 1 is 1.05 bits per heavy atom. The Kier molecular flexibility index (Phi) is 6.99. The number of alkyl halides is 2. The topological polar surface area (TPSA) is 112 Å². The Morgan fingerprint density at radius 3 is 2.44 bits per heavy atom. The number of piperazine rings is 1. The lowest BCUT2D eigenvalue weighted by Gasteiger charge is -2.36. The summed E-state index contributed by atoms with van der Waals surface area (Å²) in [5.41, 5.74) is -2.29. The van der Waals surface area contributed by atoms with Gasteiger partial charge in [-0.15, -0.1) is 5.10 Å². The Bertz CT molecular complexity index is 1610. The van der Waals surface area contributed by atoms with E-state index in [9.17, 15) is 27.2 Å². The van der Waals surface area contributed by atoms with Crippen LogP contribution >= 0.6 is 0 Å². The van der Waals surface area contributed by atoms with Crippen molar-refractivity contribution in [3.05, 3.63) is 75.3 Å². The molecule has 4 heterocycles. The predicted molar refractivity (Wildman–Crippen MR) is 130 cm³/mol. The van der Waals surface area contributed by atoms with Crippen LogP contribution in [0.4, 0.5) is 33.5 Å². The fourth-order valence-corrected chi connectivity index (χ4v) is 4.37. The van der Waals surface area contributed by atoms with Crippen LogP contribution in [0.25, 0.3) is 11.0 Å². The molecule has 0 aliphatic carbocycles. The van der Waals surface area contributed by atoms with Gasteiger partial charge in [-0.3, -0.25) is 19.2 Å². The average molecular weight is 548 g/mol. The van der Waals surface area contributed by atoms with Gasteiger partial charge in [-0.1, -0.05) is 6.07 Å². The Hall–Kier alpha value is -4.40. The largest absolute Gasteiger partial charge is 0.365 e. The molecule has 4 aromatic rings. The van der Waals surface area contributed by atoms with Crippen LogP contribution in [0.1, 0.15) is 28.0 Å². The number of nitrogens with one attached hydrogen (secondary N) is 2. The number of halogens is 5. The van der Waals surface area contributed by atoms with Gasteiger partial charge in [-0.25, -0.2) is 23.1 Å². The molecular weight excluding hydrogens is 527 g/mol. The van der Waals surface area contributed by atoms with Crippen molar-refractivity contribution < 1.29 is 26.7 Å². The normalized spacial score (nSPS) is 14.4. The summed E-state index contributed by atoms with van der Waals surface area (Å²) in [4.78, 5) is 37.2. The minimum Gasteiger partial charge on any atom is -0.365 e. The Labute approximate surface area is 217 Å². The molecule has 1 saturated heterocycles. The van der Waals surface area contributed by atoms with Crippen LogP contribution in [0, 0.1) is 17.7 Å². The maximum absolute atomic E-state index is 15.0. The van der Waals surface area contributed by atoms with Crippen molar-refractivity contribution in [3.63, 3.8) is 0 Å². The van der Waals surface area contributed by atoms with Gasteiger partial charge in [-0.2, -0.15) is 8.78 Å². The molecule has 0 spiro atoms. The second-order valence-electron chi connectivity index (χ2n) is 8.92. The third kappa shape index (κ3) is 5.30. The van der Waals surface area contributed by atoms with E-state index in [0.29, 0.717) is 26.2 Å². The number of rotatable bonds is 6. The van der Waals surface area contributed by atoms with Gasteiger partial charge in [0.25, 0.3) is 17.9 Å². The number of carbonyl (C=O) groups excluding carboxylic acids is 1. The number of nitrogens with zero attached hydrogens (tertiary/aromatic N) is 6. The smallest absolute Gasteiger partial charge is 0.285 e. The van der Waals surface area contributed by atoms with Crippen molar-refractivity contribution in [2.24, 2.45) is 7.05 Å². The van der Waals surface area contributed by atoms with Crippen LogP contribution in [0.2, 0.25) is 0 Å². The van der Waals surface area contributed by atoms with E-state index in [1.807, 2.05) is 4.90 Å². The number of carbonyl (C=O) groups is 1. The van der Waals surface area contributed by atoms with Crippen molar-refractivity contribution in [3.8, 4) is 0 Å². The number of aromatic nitrogens is 5. The molecule has 0 unspecified atom stereocenters. The third-order valence-electron chi connectivity index (χ3n) is 6.32. The van der Waals surface area contributed by atoms with E-state index in [1.54, 1.807) is 4.90 Å².